The van der Waals surface area contributed by atoms with Crippen LogP contribution in [-0.2, 0) is 0 Å². The molecule has 0 radical (unpaired) electrons. The minimum atomic E-state index is -0.559. The Labute approximate surface area is 134 Å². The summed E-state index contributed by atoms with van der Waals surface area (Å²) in [5, 5.41) is 14.9. The molecule has 0 aliphatic carbocycles. The Morgan fingerprint density at radius 1 is 1.45 bits per heavy atom. The maximum atomic E-state index is 9.87. The number of thioether (sulfide) groups is 1. The molecule has 1 aromatic carbocycles. The van der Waals surface area contributed by atoms with Crippen LogP contribution < -0.4 is 10.1 Å². The van der Waals surface area contributed by atoms with E-state index < -0.39 is 6.10 Å². The van der Waals surface area contributed by atoms with Crippen molar-refractivity contribution in [3.8, 4) is 5.75 Å². The first-order valence-electron chi connectivity index (χ1n) is 6.73. The molecule has 2 rings (SSSR count). The summed E-state index contributed by atoms with van der Waals surface area (Å²) in [6.45, 7) is 1.67. The van der Waals surface area contributed by atoms with Crippen molar-refractivity contribution >= 4 is 35.0 Å². The van der Waals surface area contributed by atoms with Gasteiger partial charge in [0.15, 0.2) is 0 Å². The van der Waals surface area contributed by atoms with Crippen molar-refractivity contribution in [2.75, 3.05) is 25.4 Å². The van der Waals surface area contributed by atoms with Gasteiger partial charge >= 0.3 is 0 Å². The van der Waals surface area contributed by atoms with Crippen LogP contribution in [0.15, 0.2) is 18.2 Å². The molecule has 6 heteroatoms. The molecule has 0 spiro atoms. The highest BCUT2D eigenvalue weighted by molar-refractivity contribution is 8.00. The van der Waals surface area contributed by atoms with Gasteiger partial charge in [0.2, 0.25) is 0 Å². The Bertz CT molecular complexity index is 428. The highest BCUT2D eigenvalue weighted by Crippen LogP contribution is 2.27. The van der Waals surface area contributed by atoms with Crippen LogP contribution in [0.25, 0.3) is 0 Å². The third-order valence-electron chi connectivity index (χ3n) is 3.10. The average molecular weight is 336 g/mol. The molecule has 0 aromatic heterocycles. The zero-order valence-electron chi connectivity index (χ0n) is 11.1. The van der Waals surface area contributed by atoms with Crippen LogP contribution in [0.5, 0.6) is 5.75 Å². The van der Waals surface area contributed by atoms with Gasteiger partial charge in [0, 0.05) is 29.4 Å². The topological polar surface area (TPSA) is 41.5 Å². The molecule has 0 amide bonds. The van der Waals surface area contributed by atoms with Crippen LogP contribution in [0.1, 0.15) is 12.8 Å². The SMILES string of the molecule is OC(CNCC1CCCS1)COc1cc(Cl)ccc1Cl. The summed E-state index contributed by atoms with van der Waals surface area (Å²) in [7, 11) is 0. The minimum Gasteiger partial charge on any atom is -0.489 e. The molecule has 20 heavy (non-hydrogen) atoms. The molecule has 1 aromatic rings. The first-order valence-corrected chi connectivity index (χ1v) is 8.54. The monoisotopic (exact) mass is 335 g/mol. The molecule has 1 aliphatic rings. The van der Waals surface area contributed by atoms with Gasteiger partial charge in [0.1, 0.15) is 18.5 Å². The lowest BCUT2D eigenvalue weighted by Gasteiger charge is -2.15. The molecular formula is C14H19Cl2NO2S. The number of aliphatic hydroxyl groups excluding tert-OH is 1. The third-order valence-corrected chi connectivity index (χ3v) is 5.05. The van der Waals surface area contributed by atoms with E-state index in [0.29, 0.717) is 27.6 Å². The predicted molar refractivity (Wildman–Crippen MR) is 86.3 cm³/mol. The van der Waals surface area contributed by atoms with E-state index in [4.69, 9.17) is 27.9 Å². The second kappa shape index (κ2) is 8.35. The van der Waals surface area contributed by atoms with Gasteiger partial charge in [0.25, 0.3) is 0 Å². The van der Waals surface area contributed by atoms with Gasteiger partial charge in [-0.15, -0.1) is 0 Å². The predicted octanol–water partition coefficient (Wildman–Crippen LogP) is 3.22. The molecule has 1 saturated heterocycles. The molecule has 1 aliphatic heterocycles. The van der Waals surface area contributed by atoms with Gasteiger partial charge in [-0.2, -0.15) is 11.8 Å². The van der Waals surface area contributed by atoms with Crippen LogP contribution in [0.4, 0.5) is 0 Å². The van der Waals surface area contributed by atoms with Gasteiger partial charge in [-0.05, 0) is 30.7 Å². The molecule has 2 atom stereocenters. The fourth-order valence-electron chi connectivity index (χ4n) is 2.05. The van der Waals surface area contributed by atoms with Crippen LogP contribution in [0.2, 0.25) is 10.0 Å². The first kappa shape index (κ1) is 16.2. The molecule has 0 bridgehead atoms. The van der Waals surface area contributed by atoms with Crippen molar-refractivity contribution < 1.29 is 9.84 Å². The molecule has 2 N–H and O–H groups in total. The maximum absolute atomic E-state index is 9.87. The lowest BCUT2D eigenvalue weighted by molar-refractivity contribution is 0.106. The normalized spacial score (nSPS) is 20.1. The van der Waals surface area contributed by atoms with Crippen LogP contribution >= 0.6 is 35.0 Å². The number of ether oxygens (including phenoxy) is 1. The Kier molecular flexibility index (Phi) is 6.78. The van der Waals surface area contributed by atoms with Crippen molar-refractivity contribution in [3.63, 3.8) is 0 Å². The van der Waals surface area contributed by atoms with E-state index in [-0.39, 0.29) is 6.61 Å². The molecule has 0 saturated carbocycles. The van der Waals surface area contributed by atoms with E-state index in [1.54, 1.807) is 18.2 Å². The van der Waals surface area contributed by atoms with Crippen LogP contribution in [-0.4, -0.2) is 41.9 Å². The van der Waals surface area contributed by atoms with Crippen molar-refractivity contribution in [3.05, 3.63) is 28.2 Å². The summed E-state index contributed by atoms with van der Waals surface area (Å²) < 4.78 is 5.49. The van der Waals surface area contributed by atoms with E-state index in [1.807, 2.05) is 11.8 Å². The number of rotatable bonds is 7. The summed E-state index contributed by atoms with van der Waals surface area (Å²) in [5.74, 6) is 1.76. The number of nitrogens with one attached hydrogen (secondary N) is 1. The average Bonchev–Trinajstić information content (AvgIpc) is 2.93. The molecule has 1 heterocycles. The lowest BCUT2D eigenvalue weighted by Crippen LogP contribution is -2.34. The quantitative estimate of drug-likeness (QED) is 0.802. The van der Waals surface area contributed by atoms with Crippen molar-refractivity contribution in [2.24, 2.45) is 0 Å². The van der Waals surface area contributed by atoms with E-state index >= 15 is 0 Å². The number of benzene rings is 1. The van der Waals surface area contributed by atoms with Crippen molar-refractivity contribution in [1.82, 2.24) is 5.32 Å². The number of aliphatic hydroxyl groups is 1. The Hall–Kier alpha value is -0.130. The van der Waals surface area contributed by atoms with Crippen molar-refractivity contribution in [2.45, 2.75) is 24.2 Å². The number of hydrogen-bond acceptors (Lipinski definition) is 4. The number of hydrogen-bond donors (Lipinski definition) is 2. The lowest BCUT2D eigenvalue weighted by atomic mass is 10.2. The minimum absolute atomic E-state index is 0.199. The van der Waals surface area contributed by atoms with Crippen molar-refractivity contribution in [1.29, 1.82) is 0 Å². The van der Waals surface area contributed by atoms with E-state index in [9.17, 15) is 5.11 Å². The van der Waals surface area contributed by atoms with Gasteiger partial charge in [-0.3, -0.25) is 0 Å². The van der Waals surface area contributed by atoms with Crippen LogP contribution in [0.3, 0.4) is 0 Å². The largest absolute Gasteiger partial charge is 0.489 e. The summed E-state index contributed by atoms with van der Waals surface area (Å²) in [6, 6.07) is 5.04. The standard InChI is InChI=1S/C14H19Cl2NO2S/c15-10-3-4-13(16)14(6-10)19-9-11(18)7-17-8-12-2-1-5-20-12/h3-4,6,11-12,17-18H,1-2,5,7-9H2. The summed E-state index contributed by atoms with van der Waals surface area (Å²) in [5.41, 5.74) is 0. The summed E-state index contributed by atoms with van der Waals surface area (Å²) in [4.78, 5) is 0. The molecule has 3 nitrogen and oxygen atoms in total. The fraction of sp³-hybridized carbons (Fsp3) is 0.571. The van der Waals surface area contributed by atoms with Gasteiger partial charge in [-0.25, -0.2) is 0 Å². The van der Waals surface area contributed by atoms with E-state index in [2.05, 4.69) is 5.32 Å². The zero-order chi connectivity index (χ0) is 14.4. The van der Waals surface area contributed by atoms with Crippen LogP contribution in [0, 0.1) is 0 Å². The molecule has 2 unspecified atom stereocenters. The van der Waals surface area contributed by atoms with Gasteiger partial charge in [-0.1, -0.05) is 23.2 Å². The Balaban J connectivity index is 1.66. The second-order valence-corrected chi connectivity index (χ2v) is 7.08. The highest BCUT2D eigenvalue weighted by atomic mass is 35.5. The molecule has 112 valence electrons. The molecule has 1 fully saturated rings. The zero-order valence-corrected chi connectivity index (χ0v) is 13.5. The van der Waals surface area contributed by atoms with Gasteiger partial charge in [0.05, 0.1) is 5.02 Å². The Morgan fingerprint density at radius 2 is 2.30 bits per heavy atom. The van der Waals surface area contributed by atoms with Gasteiger partial charge < -0.3 is 15.2 Å². The summed E-state index contributed by atoms with van der Waals surface area (Å²) in [6.07, 6.45) is 2.01. The molecular weight excluding hydrogens is 317 g/mol. The smallest absolute Gasteiger partial charge is 0.139 e. The highest BCUT2D eigenvalue weighted by Gasteiger charge is 2.15. The first-order chi connectivity index (χ1) is 9.65. The second-order valence-electron chi connectivity index (χ2n) is 4.83. The Morgan fingerprint density at radius 3 is 3.05 bits per heavy atom. The maximum Gasteiger partial charge on any atom is 0.139 e. The van der Waals surface area contributed by atoms with E-state index in [1.165, 1.54) is 18.6 Å². The van der Waals surface area contributed by atoms with E-state index in [0.717, 1.165) is 6.54 Å². The third kappa shape index (κ3) is 5.34. The summed E-state index contributed by atoms with van der Waals surface area (Å²) >= 11 is 13.9. The fourth-order valence-corrected chi connectivity index (χ4v) is 3.62. The number of halogens is 2.